The van der Waals surface area contributed by atoms with Gasteiger partial charge in [0.1, 0.15) is 17.9 Å². The second kappa shape index (κ2) is 11.6. The van der Waals surface area contributed by atoms with Gasteiger partial charge in [-0.2, -0.15) is 5.26 Å². The number of hydrogen-bond donors (Lipinski definition) is 0. The number of carbonyl (C=O) groups excluding carboxylic acids is 2. The molecule has 0 N–H and O–H groups in total. The molecule has 2 aliphatic heterocycles. The number of hydrogen-bond acceptors (Lipinski definition) is 6. The third kappa shape index (κ3) is 5.84. The number of nitriles is 1. The van der Waals surface area contributed by atoms with Crippen molar-refractivity contribution in [2.75, 3.05) is 40.9 Å². The first-order chi connectivity index (χ1) is 17.4. The number of ether oxygens (including phenoxy) is 3. The number of benzene rings is 1. The number of carbonyl (C=O) groups is 2. The van der Waals surface area contributed by atoms with Crippen LogP contribution in [0.15, 0.2) is 18.2 Å². The topological polar surface area (TPSA) is 92.1 Å². The standard InChI is InChI=1S/C28H39N3O5/c1-30-18-24-23(34-3)11-10-21(36-24)12-15-35-26-20(17-29)8-7-9-22(26)27(33)31(2)19-28(16-25(30)32)13-5-4-6-14-28/h7-9,21,23-24H,4-6,10-16,18-19H2,1-3H3/t21-,23-,24+/m0/s1. The van der Waals surface area contributed by atoms with E-state index in [-0.39, 0.29) is 35.5 Å². The van der Waals surface area contributed by atoms with Crippen molar-refractivity contribution in [3.63, 3.8) is 0 Å². The molecule has 8 nitrogen and oxygen atoms in total. The number of likely N-dealkylation sites (N-methyl/N-ethyl adjacent to an activating group) is 1. The molecule has 3 atom stereocenters. The van der Waals surface area contributed by atoms with E-state index < -0.39 is 0 Å². The largest absolute Gasteiger partial charge is 0.491 e. The van der Waals surface area contributed by atoms with Crippen molar-refractivity contribution < 1.29 is 23.8 Å². The number of para-hydroxylation sites is 1. The van der Waals surface area contributed by atoms with Gasteiger partial charge in [-0.05, 0) is 43.2 Å². The Morgan fingerprint density at radius 1 is 1.08 bits per heavy atom. The lowest BCUT2D eigenvalue weighted by molar-refractivity contribution is -0.152. The minimum atomic E-state index is -0.268. The number of amides is 2. The first-order valence-corrected chi connectivity index (χ1v) is 13.2. The molecular weight excluding hydrogens is 458 g/mol. The van der Waals surface area contributed by atoms with Crippen LogP contribution >= 0.6 is 0 Å². The summed E-state index contributed by atoms with van der Waals surface area (Å²) in [5.74, 6) is 0.234. The minimum absolute atomic E-state index is 0.0430. The van der Waals surface area contributed by atoms with Gasteiger partial charge in [0.05, 0.1) is 29.9 Å². The highest BCUT2D eigenvalue weighted by atomic mass is 16.5. The molecular formula is C28H39N3O5. The maximum absolute atomic E-state index is 13.6. The smallest absolute Gasteiger partial charge is 0.257 e. The Morgan fingerprint density at radius 2 is 1.86 bits per heavy atom. The summed E-state index contributed by atoms with van der Waals surface area (Å²) < 4.78 is 18.2. The SMILES string of the molecule is CO[C@H]1CC[C@H]2CCOc3c(C#N)cccc3C(=O)N(C)CC3(CCCCC3)CC(=O)N(C)C[C@H]1O2. The fourth-order valence-corrected chi connectivity index (χ4v) is 6.12. The molecule has 2 bridgehead atoms. The van der Waals surface area contributed by atoms with Crippen LogP contribution in [0.4, 0.5) is 0 Å². The van der Waals surface area contributed by atoms with Gasteiger partial charge in [0.25, 0.3) is 5.91 Å². The molecule has 1 aromatic rings. The van der Waals surface area contributed by atoms with Crippen LogP contribution in [0.2, 0.25) is 0 Å². The van der Waals surface area contributed by atoms with E-state index in [1.165, 1.54) is 0 Å². The minimum Gasteiger partial charge on any atom is -0.491 e. The first-order valence-electron chi connectivity index (χ1n) is 13.2. The average Bonchev–Trinajstić information content (AvgIpc) is 2.88. The Kier molecular flexibility index (Phi) is 8.53. The lowest BCUT2D eigenvalue weighted by atomic mass is 9.71. The Balaban J connectivity index is 1.68. The van der Waals surface area contributed by atoms with Crippen LogP contribution in [0.1, 0.15) is 73.7 Å². The van der Waals surface area contributed by atoms with Crippen molar-refractivity contribution >= 4 is 11.8 Å². The average molecular weight is 498 g/mol. The van der Waals surface area contributed by atoms with Crippen molar-refractivity contribution in [3.05, 3.63) is 29.3 Å². The van der Waals surface area contributed by atoms with E-state index >= 15 is 0 Å². The van der Waals surface area contributed by atoms with Gasteiger partial charge in [0, 0.05) is 47.1 Å². The molecule has 1 aromatic carbocycles. The predicted molar refractivity (Wildman–Crippen MR) is 135 cm³/mol. The zero-order valence-corrected chi connectivity index (χ0v) is 21.8. The number of fused-ring (bicyclic) bond motifs is 3. The third-order valence-electron chi connectivity index (χ3n) is 8.15. The van der Waals surface area contributed by atoms with Gasteiger partial charge in [-0.25, -0.2) is 0 Å². The zero-order valence-electron chi connectivity index (χ0n) is 21.8. The van der Waals surface area contributed by atoms with Crippen molar-refractivity contribution in [2.45, 2.75) is 76.1 Å². The quantitative estimate of drug-likeness (QED) is 0.587. The molecule has 3 aliphatic rings. The van der Waals surface area contributed by atoms with E-state index in [2.05, 4.69) is 6.07 Å². The van der Waals surface area contributed by atoms with E-state index in [0.717, 1.165) is 44.9 Å². The summed E-state index contributed by atoms with van der Waals surface area (Å²) in [6.45, 7) is 1.29. The second-order valence-corrected chi connectivity index (χ2v) is 10.8. The molecule has 1 aliphatic carbocycles. The summed E-state index contributed by atoms with van der Waals surface area (Å²) in [5, 5.41) is 9.70. The van der Waals surface area contributed by atoms with Crippen LogP contribution in [-0.4, -0.2) is 80.8 Å². The molecule has 0 unspecified atom stereocenters. The molecule has 1 saturated carbocycles. The Hall–Kier alpha value is -2.63. The summed E-state index contributed by atoms with van der Waals surface area (Å²) in [7, 11) is 5.34. The second-order valence-electron chi connectivity index (χ2n) is 10.8. The summed E-state index contributed by atoms with van der Waals surface area (Å²) in [4.78, 5) is 30.6. The molecule has 1 saturated heterocycles. The molecule has 36 heavy (non-hydrogen) atoms. The first kappa shape index (κ1) is 26.4. The molecule has 4 rings (SSSR count). The van der Waals surface area contributed by atoms with E-state index in [1.807, 2.05) is 7.05 Å². The van der Waals surface area contributed by atoms with Crippen LogP contribution in [-0.2, 0) is 14.3 Å². The summed E-state index contributed by atoms with van der Waals surface area (Å²) in [6.07, 6.45) is 7.47. The predicted octanol–water partition coefficient (Wildman–Crippen LogP) is 3.77. The fraction of sp³-hybridized carbons (Fsp3) is 0.679. The van der Waals surface area contributed by atoms with Crippen molar-refractivity contribution in [1.29, 1.82) is 5.26 Å². The third-order valence-corrected chi connectivity index (χ3v) is 8.15. The lowest BCUT2D eigenvalue weighted by Gasteiger charge is -2.42. The number of methoxy groups -OCH3 is 1. The van der Waals surface area contributed by atoms with E-state index in [1.54, 1.807) is 42.2 Å². The Labute approximate surface area is 214 Å². The highest BCUT2D eigenvalue weighted by Gasteiger charge is 2.39. The molecule has 8 heteroatoms. The lowest BCUT2D eigenvalue weighted by Crippen LogP contribution is -2.49. The normalized spacial score (nSPS) is 27.8. The van der Waals surface area contributed by atoms with Crippen LogP contribution in [0.25, 0.3) is 0 Å². The fourth-order valence-electron chi connectivity index (χ4n) is 6.12. The maximum Gasteiger partial charge on any atom is 0.257 e. The van der Waals surface area contributed by atoms with E-state index in [0.29, 0.717) is 49.4 Å². The van der Waals surface area contributed by atoms with Gasteiger partial charge in [0.2, 0.25) is 5.91 Å². The van der Waals surface area contributed by atoms with E-state index in [9.17, 15) is 14.9 Å². The number of nitrogens with zero attached hydrogens (tertiary/aromatic N) is 3. The molecule has 2 fully saturated rings. The molecule has 0 radical (unpaired) electrons. The summed E-state index contributed by atoms with van der Waals surface area (Å²) >= 11 is 0. The van der Waals surface area contributed by atoms with Gasteiger partial charge in [-0.1, -0.05) is 25.3 Å². The van der Waals surface area contributed by atoms with Crippen molar-refractivity contribution in [1.82, 2.24) is 9.80 Å². The van der Waals surface area contributed by atoms with E-state index in [4.69, 9.17) is 14.2 Å². The molecule has 2 amide bonds. The molecule has 0 aromatic heterocycles. The summed E-state index contributed by atoms with van der Waals surface area (Å²) in [6, 6.07) is 7.30. The molecule has 1 spiro atoms. The van der Waals surface area contributed by atoms with Gasteiger partial charge < -0.3 is 24.0 Å². The van der Waals surface area contributed by atoms with Gasteiger partial charge in [-0.3, -0.25) is 9.59 Å². The maximum atomic E-state index is 13.6. The molecule has 196 valence electrons. The van der Waals surface area contributed by atoms with Crippen molar-refractivity contribution in [3.8, 4) is 11.8 Å². The highest BCUT2D eigenvalue weighted by Crippen LogP contribution is 2.41. The van der Waals surface area contributed by atoms with Gasteiger partial charge >= 0.3 is 0 Å². The van der Waals surface area contributed by atoms with Crippen LogP contribution < -0.4 is 4.74 Å². The molecule has 2 heterocycles. The van der Waals surface area contributed by atoms with Crippen molar-refractivity contribution in [2.24, 2.45) is 5.41 Å². The van der Waals surface area contributed by atoms with Crippen LogP contribution in [0.5, 0.6) is 5.75 Å². The van der Waals surface area contributed by atoms with Crippen LogP contribution in [0.3, 0.4) is 0 Å². The monoisotopic (exact) mass is 497 g/mol. The zero-order chi connectivity index (χ0) is 25.7. The Morgan fingerprint density at radius 3 is 2.58 bits per heavy atom. The Bertz CT molecular complexity index is 984. The van der Waals surface area contributed by atoms with Crippen LogP contribution in [0, 0.1) is 16.7 Å². The van der Waals surface area contributed by atoms with Gasteiger partial charge in [-0.15, -0.1) is 0 Å². The number of rotatable bonds is 1. The summed E-state index contributed by atoms with van der Waals surface area (Å²) in [5.41, 5.74) is 0.469. The highest BCUT2D eigenvalue weighted by molar-refractivity contribution is 5.97. The van der Waals surface area contributed by atoms with Gasteiger partial charge in [0.15, 0.2) is 0 Å².